The lowest BCUT2D eigenvalue weighted by Gasteiger charge is -2.21. The van der Waals surface area contributed by atoms with Crippen molar-refractivity contribution >= 4 is 15.9 Å². The molecule has 0 aliphatic heterocycles. The monoisotopic (exact) mass is 468 g/mol. The number of hydrogen-bond donors (Lipinski definition) is 1. The van der Waals surface area contributed by atoms with Gasteiger partial charge in [0, 0.05) is 24.0 Å². The number of rotatable bonds is 7. The average Bonchev–Trinajstić information content (AvgIpc) is 3.48. The van der Waals surface area contributed by atoms with Gasteiger partial charge in [0.05, 0.1) is 13.7 Å². The summed E-state index contributed by atoms with van der Waals surface area (Å²) in [6.07, 6.45) is 5.57. The van der Waals surface area contributed by atoms with Gasteiger partial charge < -0.3 is 4.74 Å². The number of carbonyl (C=O) groups is 1. The first-order valence-corrected chi connectivity index (χ1v) is 12.3. The molecule has 9 heteroatoms. The second-order valence-electron chi connectivity index (χ2n) is 9.27. The molecule has 4 rings (SSSR count). The van der Waals surface area contributed by atoms with Crippen LogP contribution in [0.4, 0.5) is 0 Å². The summed E-state index contributed by atoms with van der Waals surface area (Å²) in [5, 5.41) is 4.23. The van der Waals surface area contributed by atoms with Crippen LogP contribution in [-0.2, 0) is 22.0 Å². The third-order valence-electron chi connectivity index (χ3n) is 5.65. The fourth-order valence-corrected chi connectivity index (χ4v) is 4.78. The molecule has 1 saturated carbocycles. The highest BCUT2D eigenvalue weighted by Crippen LogP contribution is 2.41. The molecule has 2 aromatic heterocycles. The molecule has 1 aliphatic carbocycles. The molecule has 33 heavy (non-hydrogen) atoms. The second kappa shape index (κ2) is 8.62. The van der Waals surface area contributed by atoms with Gasteiger partial charge in [0.15, 0.2) is 0 Å². The lowest BCUT2D eigenvalue weighted by molar-refractivity contribution is 0.0976. The molecule has 2 heterocycles. The van der Waals surface area contributed by atoms with Gasteiger partial charge in [-0.2, -0.15) is 5.10 Å². The molecule has 0 bridgehead atoms. The van der Waals surface area contributed by atoms with Gasteiger partial charge >= 0.3 is 0 Å². The number of pyridine rings is 1. The fraction of sp³-hybridized carbons (Fsp3) is 0.375. The first-order chi connectivity index (χ1) is 15.6. The number of aromatic nitrogens is 3. The van der Waals surface area contributed by atoms with E-state index in [0.29, 0.717) is 6.54 Å². The quantitative estimate of drug-likeness (QED) is 0.568. The van der Waals surface area contributed by atoms with Crippen LogP contribution in [0.15, 0.2) is 53.7 Å². The Morgan fingerprint density at radius 1 is 1.21 bits per heavy atom. The SMILES string of the molecule is COc1ccc(C(C)(C)C)cc1S(=O)(=O)NC(=O)c1ccc(Cn2cccn2)c(C2CC2)n1. The fourth-order valence-electron chi connectivity index (χ4n) is 3.63. The van der Waals surface area contributed by atoms with Gasteiger partial charge in [-0.1, -0.05) is 32.9 Å². The van der Waals surface area contributed by atoms with Crippen LogP contribution in [0.3, 0.4) is 0 Å². The Morgan fingerprint density at radius 2 is 1.97 bits per heavy atom. The van der Waals surface area contributed by atoms with Crippen LogP contribution in [0.5, 0.6) is 5.75 Å². The van der Waals surface area contributed by atoms with E-state index in [1.165, 1.54) is 7.11 Å². The second-order valence-corrected chi connectivity index (χ2v) is 10.9. The summed E-state index contributed by atoms with van der Waals surface area (Å²) in [6.45, 7) is 6.50. The van der Waals surface area contributed by atoms with E-state index < -0.39 is 15.9 Å². The molecule has 0 saturated heterocycles. The molecule has 1 N–H and O–H groups in total. The highest BCUT2D eigenvalue weighted by Gasteiger charge is 2.30. The molecule has 174 valence electrons. The van der Waals surface area contributed by atoms with Crippen molar-refractivity contribution in [1.82, 2.24) is 19.5 Å². The van der Waals surface area contributed by atoms with Crippen LogP contribution < -0.4 is 9.46 Å². The Hall–Kier alpha value is -3.20. The number of carbonyl (C=O) groups excluding carboxylic acids is 1. The number of hydrogen-bond acceptors (Lipinski definition) is 6. The van der Waals surface area contributed by atoms with Crippen molar-refractivity contribution in [3.8, 4) is 5.75 Å². The first kappa shape index (κ1) is 23.0. The lowest BCUT2D eigenvalue weighted by atomic mass is 9.87. The molecule has 0 unspecified atom stereocenters. The van der Waals surface area contributed by atoms with Crippen molar-refractivity contribution in [2.75, 3.05) is 7.11 Å². The predicted octanol–water partition coefficient (Wildman–Crippen LogP) is 3.63. The molecule has 8 nitrogen and oxygen atoms in total. The number of benzene rings is 1. The minimum absolute atomic E-state index is 0.0654. The summed E-state index contributed by atoms with van der Waals surface area (Å²) in [6, 6.07) is 10.2. The summed E-state index contributed by atoms with van der Waals surface area (Å²) < 4.78 is 35.5. The predicted molar refractivity (Wildman–Crippen MR) is 124 cm³/mol. The molecule has 1 aliphatic rings. The summed E-state index contributed by atoms with van der Waals surface area (Å²) in [5.41, 5.74) is 2.40. The van der Waals surface area contributed by atoms with E-state index in [-0.39, 0.29) is 27.7 Å². The molecule has 0 radical (unpaired) electrons. The summed E-state index contributed by atoms with van der Waals surface area (Å²) in [7, 11) is -2.78. The molecular weight excluding hydrogens is 440 g/mol. The summed E-state index contributed by atoms with van der Waals surface area (Å²) >= 11 is 0. The zero-order valence-corrected chi connectivity index (χ0v) is 20.0. The van der Waals surface area contributed by atoms with Gasteiger partial charge in [0.1, 0.15) is 16.3 Å². The Morgan fingerprint density at radius 3 is 2.58 bits per heavy atom. The summed E-state index contributed by atoms with van der Waals surface area (Å²) in [5.74, 6) is -0.321. The average molecular weight is 469 g/mol. The van der Waals surface area contributed by atoms with Crippen LogP contribution in [-0.4, -0.2) is 36.2 Å². The van der Waals surface area contributed by atoms with E-state index in [4.69, 9.17) is 4.74 Å². The number of sulfonamides is 1. The Kier molecular flexibility index (Phi) is 6.00. The topological polar surface area (TPSA) is 103 Å². The normalized spacial score (nSPS) is 14.2. The Labute approximate surface area is 194 Å². The van der Waals surface area contributed by atoms with E-state index in [1.54, 1.807) is 29.1 Å². The third-order valence-corrected chi connectivity index (χ3v) is 7.00. The zero-order chi connectivity index (χ0) is 23.8. The van der Waals surface area contributed by atoms with E-state index in [9.17, 15) is 13.2 Å². The van der Waals surface area contributed by atoms with Crippen LogP contribution in [0.1, 0.15) is 66.8 Å². The maximum Gasteiger partial charge on any atom is 0.283 e. The summed E-state index contributed by atoms with van der Waals surface area (Å²) in [4.78, 5) is 17.4. The lowest BCUT2D eigenvalue weighted by Crippen LogP contribution is -2.32. The van der Waals surface area contributed by atoms with E-state index in [2.05, 4.69) is 14.8 Å². The van der Waals surface area contributed by atoms with Gasteiger partial charge in [-0.3, -0.25) is 9.48 Å². The van der Waals surface area contributed by atoms with Crippen LogP contribution in [0.2, 0.25) is 0 Å². The third kappa shape index (κ3) is 5.08. The van der Waals surface area contributed by atoms with E-state index in [0.717, 1.165) is 29.7 Å². The van der Waals surface area contributed by atoms with Gasteiger partial charge in [-0.15, -0.1) is 0 Å². The molecular formula is C24H28N4O4S. The zero-order valence-electron chi connectivity index (χ0n) is 19.2. The molecule has 3 aromatic rings. The minimum Gasteiger partial charge on any atom is -0.495 e. The molecule has 1 aromatic carbocycles. The van der Waals surface area contributed by atoms with Crippen molar-refractivity contribution in [3.63, 3.8) is 0 Å². The van der Waals surface area contributed by atoms with Gasteiger partial charge in [-0.05, 0) is 53.6 Å². The Bertz CT molecular complexity index is 1270. The number of nitrogens with one attached hydrogen (secondary N) is 1. The Balaban J connectivity index is 1.62. The number of amides is 1. The maximum atomic E-state index is 13.1. The van der Waals surface area contributed by atoms with Crippen LogP contribution in [0.25, 0.3) is 0 Å². The van der Waals surface area contributed by atoms with E-state index in [1.807, 2.05) is 45.2 Å². The molecule has 1 amide bonds. The maximum absolute atomic E-state index is 13.1. The van der Waals surface area contributed by atoms with Crippen molar-refractivity contribution in [2.24, 2.45) is 0 Å². The molecule has 0 spiro atoms. The van der Waals surface area contributed by atoms with Crippen LogP contribution >= 0.6 is 0 Å². The minimum atomic E-state index is -4.18. The van der Waals surface area contributed by atoms with Crippen molar-refractivity contribution in [2.45, 2.75) is 56.4 Å². The van der Waals surface area contributed by atoms with Crippen molar-refractivity contribution in [1.29, 1.82) is 0 Å². The number of nitrogens with zero attached hydrogens (tertiary/aromatic N) is 3. The highest BCUT2D eigenvalue weighted by molar-refractivity contribution is 7.90. The standard InChI is InChI=1S/C24H28N4O4S/c1-24(2,3)18-9-11-20(32-4)21(14-18)33(30,31)27-23(29)19-10-8-17(15-28-13-5-12-25-28)22(26-19)16-6-7-16/h5,8-14,16H,6-7,15H2,1-4H3,(H,27,29). The molecule has 0 atom stereocenters. The van der Waals surface area contributed by atoms with Gasteiger partial charge in [0.2, 0.25) is 0 Å². The van der Waals surface area contributed by atoms with E-state index >= 15 is 0 Å². The largest absolute Gasteiger partial charge is 0.495 e. The van der Waals surface area contributed by atoms with Crippen LogP contribution in [0, 0.1) is 0 Å². The number of ether oxygens (including phenoxy) is 1. The first-order valence-electron chi connectivity index (χ1n) is 10.8. The van der Waals surface area contributed by atoms with Crippen molar-refractivity contribution < 1.29 is 17.9 Å². The van der Waals surface area contributed by atoms with Gasteiger partial charge in [0.25, 0.3) is 15.9 Å². The highest BCUT2D eigenvalue weighted by atomic mass is 32.2. The molecule has 1 fully saturated rings. The van der Waals surface area contributed by atoms with Crippen molar-refractivity contribution in [3.05, 3.63) is 71.3 Å². The van der Waals surface area contributed by atoms with Gasteiger partial charge in [-0.25, -0.2) is 18.1 Å². The number of methoxy groups -OCH3 is 1. The smallest absolute Gasteiger partial charge is 0.283 e.